The Hall–Kier alpha value is 0.100. The van der Waals surface area contributed by atoms with E-state index in [-0.39, 0.29) is 36.0 Å². The van der Waals surface area contributed by atoms with Crippen LogP contribution in [0.1, 0.15) is 117 Å². The van der Waals surface area contributed by atoms with E-state index in [4.69, 9.17) is 5.11 Å². The van der Waals surface area contributed by atoms with Gasteiger partial charge in [0.15, 0.2) is 5.78 Å². The van der Waals surface area contributed by atoms with Crippen LogP contribution < -0.4 is 0 Å². The van der Waals surface area contributed by atoms with Crippen LogP contribution in [-0.2, 0) is 9.59 Å². The van der Waals surface area contributed by atoms with Crippen molar-refractivity contribution in [3.8, 4) is 0 Å². The second kappa shape index (κ2) is 18.5. The van der Waals surface area contributed by atoms with Crippen molar-refractivity contribution >= 4 is 41.3 Å². The molecular weight excluding hydrogens is 339 g/mol. The molecule has 0 fully saturated rings. The first kappa shape index (κ1) is 28.3. The Labute approximate surface area is 182 Å². The van der Waals surface area contributed by atoms with Gasteiger partial charge in [-0.3, -0.25) is 4.79 Å². The van der Waals surface area contributed by atoms with Crippen molar-refractivity contribution in [3.63, 3.8) is 0 Å². The summed E-state index contributed by atoms with van der Waals surface area (Å²) in [7, 11) is 0. The van der Waals surface area contributed by atoms with E-state index < -0.39 is 17.4 Å². The minimum absolute atomic E-state index is 0. The third kappa shape index (κ3) is 15.2. The first-order chi connectivity index (χ1) is 11.9. The number of unbranched alkanes of at least 4 members (excludes halogenated alkanes) is 14. The summed E-state index contributed by atoms with van der Waals surface area (Å²) in [5.41, 5.74) is -2.23. The Morgan fingerprint density at radius 2 is 1.00 bits per heavy atom. The summed E-state index contributed by atoms with van der Waals surface area (Å²) in [6.07, 6.45) is 18.9. The molecule has 0 aliphatic carbocycles. The zero-order chi connectivity index (χ0) is 19.0. The van der Waals surface area contributed by atoms with E-state index in [0.29, 0.717) is 6.42 Å². The van der Waals surface area contributed by atoms with Crippen LogP contribution in [0.5, 0.6) is 0 Å². The Kier molecular flexibility index (Phi) is 20.1. The second-order valence-electron chi connectivity index (χ2n) is 7.50. The number of ketones is 1. The Balaban J connectivity index is 0. The van der Waals surface area contributed by atoms with Gasteiger partial charge in [-0.1, -0.05) is 96.8 Å². The van der Waals surface area contributed by atoms with Gasteiger partial charge in [0.05, 0.1) is 0 Å². The molecule has 150 valence electrons. The summed E-state index contributed by atoms with van der Waals surface area (Å²) in [6, 6.07) is 0. The van der Waals surface area contributed by atoms with Crippen LogP contribution in [0.3, 0.4) is 0 Å². The van der Waals surface area contributed by atoms with E-state index in [1.165, 1.54) is 77.0 Å². The number of aliphatic carboxylic acids is 1. The fraction of sp³-hybridized carbons (Fsp3) is 0.905. The molecule has 1 unspecified atom stereocenters. The van der Waals surface area contributed by atoms with E-state index in [1.807, 2.05) is 0 Å². The number of hydrogen-bond donors (Lipinski definition) is 2. The zero-order valence-electron chi connectivity index (χ0n) is 16.5. The molecule has 2 N–H and O–H groups in total. The fourth-order valence-corrected chi connectivity index (χ4v) is 3.02. The summed E-state index contributed by atoms with van der Waals surface area (Å²) in [4.78, 5) is 22.4. The van der Waals surface area contributed by atoms with Gasteiger partial charge in [0.2, 0.25) is 5.60 Å². The molecule has 0 aliphatic rings. The normalized spacial score (nSPS) is 13.0. The third-order valence-corrected chi connectivity index (χ3v) is 4.97. The van der Waals surface area contributed by atoms with Crippen molar-refractivity contribution in [1.29, 1.82) is 0 Å². The van der Waals surface area contributed by atoms with E-state index in [0.717, 1.165) is 19.8 Å². The average molecular weight is 381 g/mol. The van der Waals surface area contributed by atoms with Gasteiger partial charge >= 0.3 is 35.5 Å². The van der Waals surface area contributed by atoms with Gasteiger partial charge in [0.25, 0.3) is 0 Å². The predicted octanol–water partition coefficient (Wildman–Crippen LogP) is 5.00. The van der Waals surface area contributed by atoms with E-state index in [2.05, 4.69) is 6.92 Å². The number of rotatable bonds is 18. The molecule has 0 aromatic rings. The number of carbonyl (C=O) groups excluding carboxylic acids is 1. The molecule has 0 aromatic heterocycles. The molecular formula is C21H41NaO4. The molecule has 26 heavy (non-hydrogen) atoms. The molecule has 0 rings (SSSR count). The average Bonchev–Trinajstić information content (AvgIpc) is 2.57. The number of carboxylic acids is 1. The number of carbonyl (C=O) groups is 2. The van der Waals surface area contributed by atoms with Gasteiger partial charge in [-0.25, -0.2) is 4.79 Å². The van der Waals surface area contributed by atoms with Gasteiger partial charge in [-0.2, -0.15) is 0 Å². The van der Waals surface area contributed by atoms with E-state index in [1.54, 1.807) is 0 Å². The SMILES string of the molecule is CCCCCCCCCCCCCCCCCC(=O)C(C)(O)C(=O)O.[NaH]. The molecule has 5 heteroatoms. The van der Waals surface area contributed by atoms with E-state index >= 15 is 0 Å². The molecule has 0 amide bonds. The van der Waals surface area contributed by atoms with Gasteiger partial charge in [0.1, 0.15) is 0 Å². The van der Waals surface area contributed by atoms with Gasteiger partial charge in [-0.15, -0.1) is 0 Å². The maximum absolute atomic E-state index is 11.6. The van der Waals surface area contributed by atoms with Gasteiger partial charge in [-0.05, 0) is 13.3 Å². The van der Waals surface area contributed by atoms with Crippen molar-refractivity contribution in [1.82, 2.24) is 0 Å². The standard InChI is InChI=1S/C21H40O4.Na.H/c1-3-4-5-6-7-8-9-10-11-12-13-14-15-16-17-18-19(22)21(2,25)20(23)24;;/h25H,3-18H2,1-2H3,(H,23,24);;. The first-order valence-electron chi connectivity index (χ1n) is 10.4. The topological polar surface area (TPSA) is 74.6 Å². The summed E-state index contributed by atoms with van der Waals surface area (Å²) in [6.45, 7) is 3.31. The summed E-state index contributed by atoms with van der Waals surface area (Å²) in [5, 5.41) is 18.3. The fourth-order valence-electron chi connectivity index (χ4n) is 3.02. The summed E-state index contributed by atoms with van der Waals surface area (Å²) < 4.78 is 0. The summed E-state index contributed by atoms with van der Waals surface area (Å²) in [5.74, 6) is -2.05. The number of carboxylic acid groups (broad SMARTS) is 1. The number of hydrogen-bond acceptors (Lipinski definition) is 3. The zero-order valence-corrected chi connectivity index (χ0v) is 16.5. The Bertz CT molecular complexity index is 356. The monoisotopic (exact) mass is 380 g/mol. The van der Waals surface area contributed by atoms with E-state index in [9.17, 15) is 14.7 Å². The molecule has 0 spiro atoms. The summed E-state index contributed by atoms with van der Waals surface area (Å²) >= 11 is 0. The number of aliphatic hydroxyl groups is 1. The molecule has 1 atom stereocenters. The van der Waals surface area contributed by atoms with Gasteiger partial charge in [0, 0.05) is 6.42 Å². The van der Waals surface area contributed by atoms with Crippen LogP contribution in [0.4, 0.5) is 0 Å². The van der Waals surface area contributed by atoms with Crippen LogP contribution in [0.25, 0.3) is 0 Å². The Morgan fingerprint density at radius 3 is 1.31 bits per heavy atom. The number of Topliss-reactive ketones (excluding diaryl/α,β-unsaturated/α-hetero) is 1. The van der Waals surface area contributed by atoms with Crippen molar-refractivity contribution < 1.29 is 19.8 Å². The van der Waals surface area contributed by atoms with Crippen molar-refractivity contribution in [2.45, 2.75) is 122 Å². The molecule has 4 nitrogen and oxygen atoms in total. The van der Waals surface area contributed by atoms with Gasteiger partial charge < -0.3 is 10.2 Å². The maximum atomic E-state index is 11.6. The Morgan fingerprint density at radius 1 is 0.692 bits per heavy atom. The minimum atomic E-state index is -2.23. The quantitative estimate of drug-likeness (QED) is 0.199. The molecule has 0 radical (unpaired) electrons. The second-order valence-corrected chi connectivity index (χ2v) is 7.50. The van der Waals surface area contributed by atoms with Crippen LogP contribution in [-0.4, -0.2) is 57.1 Å². The molecule has 0 aliphatic heterocycles. The van der Waals surface area contributed by atoms with Crippen molar-refractivity contribution in [2.24, 2.45) is 0 Å². The molecule has 0 heterocycles. The molecule has 0 saturated heterocycles. The van der Waals surface area contributed by atoms with Crippen molar-refractivity contribution in [3.05, 3.63) is 0 Å². The molecule has 0 bridgehead atoms. The molecule has 0 aromatic carbocycles. The molecule has 0 saturated carbocycles. The third-order valence-electron chi connectivity index (χ3n) is 4.97. The van der Waals surface area contributed by atoms with Crippen LogP contribution in [0, 0.1) is 0 Å². The van der Waals surface area contributed by atoms with Crippen LogP contribution >= 0.6 is 0 Å². The van der Waals surface area contributed by atoms with Crippen LogP contribution in [0.2, 0.25) is 0 Å². The van der Waals surface area contributed by atoms with Crippen molar-refractivity contribution in [2.75, 3.05) is 0 Å². The predicted molar refractivity (Wildman–Crippen MR) is 110 cm³/mol. The first-order valence-corrected chi connectivity index (χ1v) is 10.4. The van der Waals surface area contributed by atoms with Crippen LogP contribution in [0.15, 0.2) is 0 Å².